The van der Waals surface area contributed by atoms with Gasteiger partial charge in [0.05, 0.1) is 0 Å². The number of hydrogen-bond donors (Lipinski definition) is 2. The fourth-order valence-corrected chi connectivity index (χ4v) is 8.14. The van der Waals surface area contributed by atoms with Crippen LogP contribution >= 0.6 is 0 Å². The molecule has 5 atom stereocenters. The maximum atomic E-state index is 13.2. The quantitative estimate of drug-likeness (QED) is 0.332. The van der Waals surface area contributed by atoms with Crippen LogP contribution in [0.1, 0.15) is 114 Å². The van der Waals surface area contributed by atoms with E-state index in [2.05, 4.69) is 19.2 Å². The zero-order chi connectivity index (χ0) is 25.8. The van der Waals surface area contributed by atoms with Crippen LogP contribution < -0.4 is 14.6 Å². The maximum absolute atomic E-state index is 13.2. The Kier molecular flexibility index (Phi) is 9.03. The fourth-order valence-electron chi connectivity index (χ4n) is 7.77. The van der Waals surface area contributed by atoms with E-state index < -0.39 is 10.3 Å². The molecule has 7 heteroatoms. The lowest BCUT2D eigenvalue weighted by atomic mass is 9.54. The van der Waals surface area contributed by atoms with E-state index >= 15 is 0 Å². The number of nitrogens with one attached hydrogen (secondary N) is 1. The first-order valence-corrected chi connectivity index (χ1v) is 15.8. The van der Waals surface area contributed by atoms with Gasteiger partial charge in [0, 0.05) is 12.5 Å². The van der Waals surface area contributed by atoms with Gasteiger partial charge in [-0.15, -0.1) is 0 Å². The largest absolute Gasteiger partial charge is 0.380 e. The Balaban J connectivity index is 1.30. The summed E-state index contributed by atoms with van der Waals surface area (Å²) in [7, 11) is -4.02. The lowest BCUT2D eigenvalue weighted by Gasteiger charge is -2.50. The van der Waals surface area contributed by atoms with Crippen LogP contribution in [0.15, 0.2) is 18.2 Å². The highest BCUT2D eigenvalue weighted by Gasteiger charge is 2.56. The second kappa shape index (κ2) is 11.8. The Morgan fingerprint density at radius 3 is 2.50 bits per heavy atom. The van der Waals surface area contributed by atoms with Crippen molar-refractivity contribution in [1.29, 1.82) is 0 Å². The van der Waals surface area contributed by atoms with Crippen molar-refractivity contribution in [2.24, 2.45) is 28.3 Å². The van der Waals surface area contributed by atoms with Gasteiger partial charge in [-0.25, -0.2) is 0 Å². The Morgan fingerprint density at radius 2 is 1.78 bits per heavy atom. The summed E-state index contributed by atoms with van der Waals surface area (Å²) in [5.41, 5.74) is 2.59. The number of benzene rings is 1. The summed E-state index contributed by atoms with van der Waals surface area (Å²) in [6, 6.07) is 5.62. The second-order valence-corrected chi connectivity index (χ2v) is 12.9. The summed E-state index contributed by atoms with van der Waals surface area (Å²) in [5.74, 6) is 2.35. The fraction of sp³-hybridized carbons (Fsp3) is 0.759. The van der Waals surface area contributed by atoms with E-state index in [4.69, 9.17) is 9.32 Å². The molecule has 0 unspecified atom stereocenters. The standard InChI is InChI=1S/C29H46N2O4S/c1-3-4-5-6-7-8-9-10-19-31-28(32)27-16-15-26-25-13-11-21-20-22(35-36(30,33)34)12-14-23(21)24(25)17-18-29(26,27)2/h12,14,20,24-27H,3-11,13,15-19H2,1-2H3,(H,31,32)(H2,30,33,34)/t24-,25-,26+,27-,29+/m1/s1. The molecule has 2 saturated carbocycles. The summed E-state index contributed by atoms with van der Waals surface area (Å²) in [5, 5.41) is 8.34. The average molecular weight is 519 g/mol. The van der Waals surface area contributed by atoms with Crippen molar-refractivity contribution in [2.45, 2.75) is 110 Å². The molecular formula is C29H46N2O4S. The highest BCUT2D eigenvalue weighted by Crippen LogP contribution is 2.63. The van der Waals surface area contributed by atoms with Crippen molar-refractivity contribution < 1.29 is 17.4 Å². The van der Waals surface area contributed by atoms with E-state index in [1.54, 1.807) is 6.07 Å². The first-order valence-electron chi connectivity index (χ1n) is 14.4. The summed E-state index contributed by atoms with van der Waals surface area (Å²) in [6.45, 7) is 5.44. The molecule has 2 fully saturated rings. The van der Waals surface area contributed by atoms with Crippen LogP contribution in [0.25, 0.3) is 0 Å². The Hall–Kier alpha value is -1.60. The third-order valence-corrected chi connectivity index (χ3v) is 9.98. The molecule has 4 rings (SSSR count). The Morgan fingerprint density at radius 1 is 1.06 bits per heavy atom. The number of fused-ring (bicyclic) bond motifs is 5. The van der Waals surface area contributed by atoms with Crippen molar-refractivity contribution in [3.63, 3.8) is 0 Å². The third-order valence-electron chi connectivity index (χ3n) is 9.56. The molecule has 0 spiro atoms. The Bertz CT molecular complexity index is 1010. The summed E-state index contributed by atoms with van der Waals surface area (Å²) < 4.78 is 27.6. The number of carbonyl (C=O) groups excluding carboxylic acids is 1. The predicted molar refractivity (Wildman–Crippen MR) is 144 cm³/mol. The molecule has 1 aromatic carbocycles. The minimum atomic E-state index is -4.02. The SMILES string of the molecule is CCCCCCCCCCNC(=O)[C@H]1CC[C@H]2[C@@H]3CCc4cc(OS(N)(=O)=O)ccc4[C@H]3CC[C@]12C. The lowest BCUT2D eigenvalue weighted by molar-refractivity contribution is -0.130. The highest BCUT2D eigenvalue weighted by atomic mass is 32.2. The van der Waals surface area contributed by atoms with E-state index in [0.717, 1.165) is 51.5 Å². The van der Waals surface area contributed by atoms with Gasteiger partial charge in [-0.05, 0) is 91.4 Å². The molecule has 36 heavy (non-hydrogen) atoms. The van der Waals surface area contributed by atoms with Crippen molar-refractivity contribution >= 4 is 16.2 Å². The van der Waals surface area contributed by atoms with Gasteiger partial charge >= 0.3 is 10.3 Å². The Labute approximate surface area is 218 Å². The molecule has 0 bridgehead atoms. The second-order valence-electron chi connectivity index (χ2n) is 11.8. The smallest absolute Gasteiger partial charge is 0.371 e. The molecule has 1 amide bonds. The van der Waals surface area contributed by atoms with Gasteiger partial charge in [-0.1, -0.05) is 64.9 Å². The normalized spacial score (nSPS) is 29.2. The van der Waals surface area contributed by atoms with Gasteiger partial charge in [0.15, 0.2) is 0 Å². The highest BCUT2D eigenvalue weighted by molar-refractivity contribution is 7.84. The monoisotopic (exact) mass is 518 g/mol. The number of nitrogens with two attached hydrogens (primary N) is 1. The molecule has 0 saturated heterocycles. The first-order chi connectivity index (χ1) is 17.2. The van der Waals surface area contributed by atoms with Crippen molar-refractivity contribution in [3.8, 4) is 5.75 Å². The summed E-state index contributed by atoms with van der Waals surface area (Å²) in [4.78, 5) is 13.2. The van der Waals surface area contributed by atoms with E-state index in [-0.39, 0.29) is 17.2 Å². The molecule has 0 aliphatic heterocycles. The molecule has 3 aliphatic rings. The molecule has 0 aromatic heterocycles. The predicted octanol–water partition coefficient (Wildman–Crippen LogP) is 6.00. The summed E-state index contributed by atoms with van der Waals surface area (Å²) >= 11 is 0. The van der Waals surface area contributed by atoms with Crippen molar-refractivity contribution in [1.82, 2.24) is 5.32 Å². The number of hydrogen-bond acceptors (Lipinski definition) is 4. The van der Waals surface area contributed by atoms with Crippen molar-refractivity contribution in [3.05, 3.63) is 29.3 Å². The minimum Gasteiger partial charge on any atom is -0.371 e. The van der Waals surface area contributed by atoms with Crippen LogP contribution in [-0.4, -0.2) is 20.9 Å². The first kappa shape index (κ1) is 27.4. The number of carbonyl (C=O) groups is 1. The van der Waals surface area contributed by atoms with Gasteiger partial charge in [0.1, 0.15) is 5.75 Å². The van der Waals surface area contributed by atoms with Gasteiger partial charge in [-0.3, -0.25) is 4.79 Å². The average Bonchev–Trinajstić information content (AvgIpc) is 3.19. The van der Waals surface area contributed by atoms with Gasteiger partial charge in [0.25, 0.3) is 0 Å². The molecule has 3 N–H and O–H groups in total. The van der Waals surface area contributed by atoms with Crippen molar-refractivity contribution in [2.75, 3.05) is 6.54 Å². The third kappa shape index (κ3) is 6.27. The number of aryl methyl sites for hydroxylation is 1. The van der Waals surface area contributed by atoms with E-state index in [1.165, 1.54) is 56.1 Å². The van der Waals surface area contributed by atoms with Crippen LogP contribution in [0.3, 0.4) is 0 Å². The number of rotatable bonds is 12. The molecule has 0 heterocycles. The molecule has 1 aromatic rings. The van der Waals surface area contributed by atoms with E-state index in [9.17, 15) is 13.2 Å². The van der Waals surface area contributed by atoms with E-state index in [1.807, 2.05) is 12.1 Å². The number of unbranched alkanes of at least 4 members (excludes halogenated alkanes) is 7. The van der Waals surface area contributed by atoms with Crippen LogP contribution in [-0.2, 0) is 21.5 Å². The van der Waals surface area contributed by atoms with Gasteiger partial charge < -0.3 is 9.50 Å². The van der Waals surface area contributed by atoms with Crippen LogP contribution in [0.5, 0.6) is 5.75 Å². The van der Waals surface area contributed by atoms with Gasteiger partial charge in [0.2, 0.25) is 5.91 Å². The van der Waals surface area contributed by atoms with Crippen LogP contribution in [0.4, 0.5) is 0 Å². The molecule has 3 aliphatic carbocycles. The van der Waals surface area contributed by atoms with E-state index in [0.29, 0.717) is 23.5 Å². The van der Waals surface area contributed by atoms with Gasteiger partial charge in [-0.2, -0.15) is 13.6 Å². The molecule has 0 radical (unpaired) electrons. The molecule has 6 nitrogen and oxygen atoms in total. The topological polar surface area (TPSA) is 98.5 Å². The summed E-state index contributed by atoms with van der Waals surface area (Å²) in [6.07, 6.45) is 16.5. The maximum Gasteiger partial charge on any atom is 0.380 e. The van der Waals surface area contributed by atoms with Crippen LogP contribution in [0.2, 0.25) is 0 Å². The zero-order valence-corrected chi connectivity index (χ0v) is 23.1. The minimum absolute atomic E-state index is 0.0821. The number of amides is 1. The molecule has 202 valence electrons. The molecular weight excluding hydrogens is 472 g/mol. The zero-order valence-electron chi connectivity index (χ0n) is 22.3. The van der Waals surface area contributed by atoms with Crippen LogP contribution in [0, 0.1) is 23.2 Å². The lowest BCUT2D eigenvalue weighted by Crippen LogP contribution is -2.46.